The smallest absolute Gasteiger partial charge is 0.0611 e. The minimum Gasteiger partial charge on any atom is -0.394 e. The molecule has 0 spiro atoms. The molecule has 1 fully saturated rings. The Morgan fingerprint density at radius 3 is 2.60 bits per heavy atom. The van der Waals surface area contributed by atoms with E-state index in [1.165, 1.54) is 0 Å². The first kappa shape index (κ1) is 12.9. The van der Waals surface area contributed by atoms with Crippen LogP contribution in [-0.4, -0.2) is 61.5 Å². The summed E-state index contributed by atoms with van der Waals surface area (Å²) in [6.07, 6.45) is 0.983. The molecule has 0 amide bonds. The molecule has 1 aliphatic rings. The molecule has 0 saturated carbocycles. The minimum absolute atomic E-state index is 0.132. The maximum atomic E-state index is 9.34. The van der Waals surface area contributed by atoms with Gasteiger partial charge in [-0.3, -0.25) is 4.90 Å². The summed E-state index contributed by atoms with van der Waals surface area (Å²) in [5.74, 6) is 0. The largest absolute Gasteiger partial charge is 0.394 e. The van der Waals surface area contributed by atoms with Crippen molar-refractivity contribution in [2.75, 3.05) is 46.0 Å². The van der Waals surface area contributed by atoms with Gasteiger partial charge in [0.15, 0.2) is 0 Å². The molecule has 0 aromatic heterocycles. The van der Waals surface area contributed by atoms with Gasteiger partial charge in [-0.15, -0.1) is 0 Å². The maximum Gasteiger partial charge on any atom is 0.0611 e. The molecule has 4 heteroatoms. The second-order valence-corrected chi connectivity index (χ2v) is 4.45. The van der Waals surface area contributed by atoms with Crippen molar-refractivity contribution in [1.82, 2.24) is 10.2 Å². The van der Waals surface area contributed by atoms with E-state index in [4.69, 9.17) is 4.74 Å². The predicted molar refractivity (Wildman–Crippen MR) is 61.0 cm³/mol. The molecule has 4 nitrogen and oxygen atoms in total. The van der Waals surface area contributed by atoms with Crippen LogP contribution in [0.2, 0.25) is 0 Å². The second kappa shape index (κ2) is 6.43. The van der Waals surface area contributed by atoms with Gasteiger partial charge in [-0.2, -0.15) is 0 Å². The predicted octanol–water partition coefficient (Wildman–Crippen LogP) is 0.0692. The molecular weight excluding hydrogens is 192 g/mol. The number of ether oxygens (including phenoxy) is 1. The van der Waals surface area contributed by atoms with Gasteiger partial charge in [0.1, 0.15) is 0 Å². The van der Waals surface area contributed by atoms with E-state index in [2.05, 4.69) is 24.1 Å². The lowest BCUT2D eigenvalue weighted by atomic mass is 9.98. The Morgan fingerprint density at radius 1 is 1.40 bits per heavy atom. The SMILES string of the molecule is CCNC(C)(CO)CCN1CCOCC1. The highest BCUT2D eigenvalue weighted by molar-refractivity contribution is 4.83. The molecular formula is C11H24N2O2. The van der Waals surface area contributed by atoms with E-state index in [0.29, 0.717) is 0 Å². The van der Waals surface area contributed by atoms with Crippen molar-refractivity contribution >= 4 is 0 Å². The third-order valence-electron chi connectivity index (χ3n) is 3.04. The van der Waals surface area contributed by atoms with Gasteiger partial charge in [0.2, 0.25) is 0 Å². The zero-order valence-electron chi connectivity index (χ0n) is 9.96. The third-order valence-corrected chi connectivity index (χ3v) is 3.04. The van der Waals surface area contributed by atoms with Crippen molar-refractivity contribution in [3.05, 3.63) is 0 Å². The summed E-state index contributed by atoms with van der Waals surface area (Å²) < 4.78 is 5.30. The summed E-state index contributed by atoms with van der Waals surface area (Å²) in [7, 11) is 0. The Hall–Kier alpha value is -0.160. The molecule has 0 aromatic carbocycles. The van der Waals surface area contributed by atoms with Gasteiger partial charge in [-0.05, 0) is 19.9 Å². The van der Waals surface area contributed by atoms with Crippen molar-refractivity contribution in [3.8, 4) is 0 Å². The molecule has 0 aromatic rings. The van der Waals surface area contributed by atoms with Crippen LogP contribution in [0.3, 0.4) is 0 Å². The third kappa shape index (κ3) is 4.47. The number of hydrogen-bond acceptors (Lipinski definition) is 4. The summed E-state index contributed by atoms with van der Waals surface area (Å²) in [5.41, 5.74) is -0.132. The molecule has 1 unspecified atom stereocenters. The molecule has 0 aliphatic carbocycles. The Labute approximate surface area is 92.6 Å². The Bertz CT molecular complexity index is 172. The average Bonchev–Trinajstić information content (AvgIpc) is 2.28. The Kier molecular flexibility index (Phi) is 5.53. The van der Waals surface area contributed by atoms with Gasteiger partial charge in [-0.1, -0.05) is 6.92 Å². The molecule has 0 bridgehead atoms. The van der Waals surface area contributed by atoms with Crippen LogP contribution in [0.25, 0.3) is 0 Å². The highest BCUT2D eigenvalue weighted by Crippen LogP contribution is 2.10. The molecule has 1 saturated heterocycles. The van der Waals surface area contributed by atoms with Crippen LogP contribution in [0.1, 0.15) is 20.3 Å². The fraction of sp³-hybridized carbons (Fsp3) is 1.00. The highest BCUT2D eigenvalue weighted by atomic mass is 16.5. The first-order valence-electron chi connectivity index (χ1n) is 5.86. The number of aliphatic hydroxyl groups is 1. The second-order valence-electron chi connectivity index (χ2n) is 4.45. The molecule has 1 heterocycles. The van der Waals surface area contributed by atoms with E-state index in [-0.39, 0.29) is 12.1 Å². The number of nitrogens with zero attached hydrogens (tertiary/aromatic N) is 1. The van der Waals surface area contributed by atoms with E-state index < -0.39 is 0 Å². The normalized spacial score (nSPS) is 22.6. The minimum atomic E-state index is -0.132. The van der Waals surface area contributed by atoms with Crippen LogP contribution in [0.15, 0.2) is 0 Å². The van der Waals surface area contributed by atoms with Gasteiger partial charge >= 0.3 is 0 Å². The number of rotatable bonds is 6. The van der Waals surface area contributed by atoms with E-state index in [0.717, 1.165) is 45.8 Å². The standard InChI is InChI=1S/C11H24N2O2/c1-3-12-11(2,10-14)4-5-13-6-8-15-9-7-13/h12,14H,3-10H2,1-2H3. The number of nitrogens with one attached hydrogen (secondary N) is 1. The molecule has 1 aliphatic heterocycles. The van der Waals surface area contributed by atoms with Crippen LogP contribution < -0.4 is 5.32 Å². The highest BCUT2D eigenvalue weighted by Gasteiger charge is 2.23. The Morgan fingerprint density at radius 2 is 2.07 bits per heavy atom. The van der Waals surface area contributed by atoms with Gasteiger partial charge in [0.05, 0.1) is 19.8 Å². The van der Waals surface area contributed by atoms with Crippen molar-refractivity contribution in [2.24, 2.45) is 0 Å². The molecule has 0 radical (unpaired) electrons. The fourth-order valence-electron chi connectivity index (χ4n) is 1.88. The number of hydrogen-bond donors (Lipinski definition) is 2. The first-order chi connectivity index (χ1) is 7.20. The van der Waals surface area contributed by atoms with Crippen LogP contribution in [0.4, 0.5) is 0 Å². The topological polar surface area (TPSA) is 44.7 Å². The lowest BCUT2D eigenvalue weighted by molar-refractivity contribution is 0.0313. The summed E-state index contributed by atoms with van der Waals surface area (Å²) in [4.78, 5) is 2.40. The van der Waals surface area contributed by atoms with Crippen molar-refractivity contribution < 1.29 is 9.84 Å². The lowest BCUT2D eigenvalue weighted by Gasteiger charge is -2.33. The van der Waals surface area contributed by atoms with E-state index in [9.17, 15) is 5.11 Å². The number of aliphatic hydroxyl groups excluding tert-OH is 1. The van der Waals surface area contributed by atoms with Gasteiger partial charge < -0.3 is 15.2 Å². The maximum absolute atomic E-state index is 9.34. The molecule has 90 valence electrons. The monoisotopic (exact) mass is 216 g/mol. The summed E-state index contributed by atoms with van der Waals surface area (Å²) in [5, 5.41) is 12.7. The molecule has 15 heavy (non-hydrogen) atoms. The van der Waals surface area contributed by atoms with Crippen LogP contribution in [0.5, 0.6) is 0 Å². The zero-order chi connectivity index (χ0) is 11.1. The average molecular weight is 216 g/mol. The van der Waals surface area contributed by atoms with Crippen molar-refractivity contribution in [1.29, 1.82) is 0 Å². The van der Waals surface area contributed by atoms with Crippen molar-refractivity contribution in [3.63, 3.8) is 0 Å². The summed E-state index contributed by atoms with van der Waals surface area (Å²) in [6, 6.07) is 0. The lowest BCUT2D eigenvalue weighted by Crippen LogP contribution is -2.49. The first-order valence-corrected chi connectivity index (χ1v) is 5.86. The number of likely N-dealkylation sites (N-methyl/N-ethyl adjacent to an activating group) is 1. The molecule has 1 rings (SSSR count). The molecule has 2 N–H and O–H groups in total. The molecule has 1 atom stereocenters. The van der Waals surface area contributed by atoms with Gasteiger partial charge in [0.25, 0.3) is 0 Å². The van der Waals surface area contributed by atoms with Gasteiger partial charge in [0, 0.05) is 25.2 Å². The fourth-order valence-corrected chi connectivity index (χ4v) is 1.88. The van der Waals surface area contributed by atoms with E-state index in [1.807, 2.05) is 0 Å². The van der Waals surface area contributed by atoms with E-state index in [1.54, 1.807) is 0 Å². The quantitative estimate of drug-likeness (QED) is 0.659. The summed E-state index contributed by atoms with van der Waals surface area (Å²) >= 11 is 0. The van der Waals surface area contributed by atoms with Gasteiger partial charge in [-0.25, -0.2) is 0 Å². The summed E-state index contributed by atoms with van der Waals surface area (Å²) in [6.45, 7) is 10.0. The van der Waals surface area contributed by atoms with Crippen LogP contribution >= 0.6 is 0 Å². The van der Waals surface area contributed by atoms with Crippen molar-refractivity contribution in [2.45, 2.75) is 25.8 Å². The zero-order valence-corrected chi connectivity index (χ0v) is 9.96. The van der Waals surface area contributed by atoms with E-state index >= 15 is 0 Å². The van der Waals surface area contributed by atoms with Crippen LogP contribution in [0, 0.1) is 0 Å². The number of morpholine rings is 1. The Balaban J connectivity index is 2.25. The van der Waals surface area contributed by atoms with Crippen LogP contribution in [-0.2, 0) is 4.74 Å².